The standard InChI is InChI=1S/C9H9IN2O2/c10-5-8(13)12-7-3-1-2-6(4-7)9(11)14/h1-4H,5H2,(H2,11,14)(H,12,13). The lowest BCUT2D eigenvalue weighted by molar-refractivity contribution is -0.113. The Bertz CT molecular complexity index is 366. The number of rotatable bonds is 3. The second kappa shape index (κ2) is 4.94. The van der Waals surface area contributed by atoms with Gasteiger partial charge in [0.1, 0.15) is 0 Å². The number of halogens is 1. The van der Waals surface area contributed by atoms with Crippen LogP contribution in [0.25, 0.3) is 0 Å². The van der Waals surface area contributed by atoms with Gasteiger partial charge in [-0.1, -0.05) is 28.7 Å². The lowest BCUT2D eigenvalue weighted by Crippen LogP contribution is -2.14. The molecule has 0 unspecified atom stereocenters. The van der Waals surface area contributed by atoms with E-state index < -0.39 is 5.91 Å². The number of anilines is 1. The topological polar surface area (TPSA) is 72.2 Å². The summed E-state index contributed by atoms with van der Waals surface area (Å²) >= 11 is 1.96. The van der Waals surface area contributed by atoms with Gasteiger partial charge in [0, 0.05) is 11.3 Å². The van der Waals surface area contributed by atoms with Crippen molar-refractivity contribution in [1.82, 2.24) is 0 Å². The number of nitrogens with two attached hydrogens (primary N) is 1. The van der Waals surface area contributed by atoms with Crippen LogP contribution in [0.5, 0.6) is 0 Å². The predicted molar refractivity (Wildman–Crippen MR) is 62.5 cm³/mol. The summed E-state index contributed by atoms with van der Waals surface area (Å²) in [5.74, 6) is -0.609. The third-order valence-electron chi connectivity index (χ3n) is 1.55. The van der Waals surface area contributed by atoms with Crippen LogP contribution >= 0.6 is 22.6 Å². The minimum Gasteiger partial charge on any atom is -0.366 e. The Labute approximate surface area is 95.0 Å². The van der Waals surface area contributed by atoms with Gasteiger partial charge in [0.2, 0.25) is 11.8 Å². The number of hydrogen-bond donors (Lipinski definition) is 2. The molecule has 4 nitrogen and oxygen atoms in total. The van der Waals surface area contributed by atoms with E-state index in [-0.39, 0.29) is 5.91 Å². The first-order valence-electron chi connectivity index (χ1n) is 3.89. The molecule has 0 atom stereocenters. The maximum Gasteiger partial charge on any atom is 0.248 e. The molecule has 0 heterocycles. The number of carbonyl (C=O) groups excluding carboxylic acids is 2. The van der Waals surface area contributed by atoms with Crippen molar-refractivity contribution in [3.8, 4) is 0 Å². The van der Waals surface area contributed by atoms with Crippen molar-refractivity contribution in [1.29, 1.82) is 0 Å². The fraction of sp³-hybridized carbons (Fsp3) is 0.111. The van der Waals surface area contributed by atoms with Crippen LogP contribution in [0.4, 0.5) is 5.69 Å². The number of amides is 2. The maximum atomic E-state index is 11.0. The van der Waals surface area contributed by atoms with E-state index >= 15 is 0 Å². The molecule has 14 heavy (non-hydrogen) atoms. The molecule has 1 aromatic carbocycles. The molecule has 1 rings (SSSR count). The van der Waals surface area contributed by atoms with Crippen molar-refractivity contribution >= 4 is 40.1 Å². The van der Waals surface area contributed by atoms with Crippen molar-refractivity contribution in [2.45, 2.75) is 0 Å². The highest BCUT2D eigenvalue weighted by molar-refractivity contribution is 14.1. The van der Waals surface area contributed by atoms with Crippen molar-refractivity contribution in [3.63, 3.8) is 0 Å². The Morgan fingerprint density at radius 3 is 2.71 bits per heavy atom. The average molecular weight is 304 g/mol. The van der Waals surface area contributed by atoms with Crippen LogP contribution in [0.3, 0.4) is 0 Å². The van der Waals surface area contributed by atoms with E-state index in [1.165, 1.54) is 0 Å². The summed E-state index contributed by atoms with van der Waals surface area (Å²) < 4.78 is 0.374. The molecule has 0 saturated carbocycles. The molecule has 0 bridgehead atoms. The summed E-state index contributed by atoms with van der Waals surface area (Å²) in [5, 5.41) is 2.63. The van der Waals surface area contributed by atoms with Gasteiger partial charge in [-0.05, 0) is 18.2 Å². The molecule has 1 aromatic rings. The number of nitrogens with one attached hydrogen (secondary N) is 1. The molecule has 2 amide bonds. The monoisotopic (exact) mass is 304 g/mol. The molecular weight excluding hydrogens is 295 g/mol. The summed E-state index contributed by atoms with van der Waals surface area (Å²) in [4.78, 5) is 21.8. The van der Waals surface area contributed by atoms with Gasteiger partial charge in [-0.15, -0.1) is 0 Å². The van der Waals surface area contributed by atoms with Crippen LogP contribution in [-0.4, -0.2) is 16.2 Å². The average Bonchev–Trinajstić information content (AvgIpc) is 2.18. The summed E-state index contributed by atoms with van der Waals surface area (Å²) in [6, 6.07) is 6.52. The first kappa shape index (κ1) is 11.0. The Morgan fingerprint density at radius 1 is 1.43 bits per heavy atom. The zero-order valence-electron chi connectivity index (χ0n) is 7.29. The molecule has 0 aliphatic carbocycles. The number of benzene rings is 1. The largest absolute Gasteiger partial charge is 0.366 e. The highest BCUT2D eigenvalue weighted by Gasteiger charge is 2.03. The van der Waals surface area contributed by atoms with E-state index in [1.54, 1.807) is 24.3 Å². The fourth-order valence-corrected chi connectivity index (χ4v) is 1.14. The lowest BCUT2D eigenvalue weighted by atomic mass is 10.2. The summed E-state index contributed by atoms with van der Waals surface area (Å²) in [5.41, 5.74) is 6.06. The van der Waals surface area contributed by atoms with Crippen LogP contribution in [0.2, 0.25) is 0 Å². The SMILES string of the molecule is NC(=O)c1cccc(NC(=O)CI)c1. The molecule has 0 fully saturated rings. The quantitative estimate of drug-likeness (QED) is 0.650. The van der Waals surface area contributed by atoms with Gasteiger partial charge in [0.05, 0.1) is 4.43 Å². The smallest absolute Gasteiger partial charge is 0.248 e. The second-order valence-corrected chi connectivity index (χ2v) is 3.39. The Morgan fingerprint density at radius 2 is 2.14 bits per heavy atom. The first-order valence-corrected chi connectivity index (χ1v) is 5.41. The number of hydrogen-bond acceptors (Lipinski definition) is 2. The molecule has 0 aliphatic rings. The molecule has 0 radical (unpaired) electrons. The van der Waals surface area contributed by atoms with E-state index in [2.05, 4.69) is 5.32 Å². The summed E-state index contributed by atoms with van der Waals surface area (Å²) in [7, 11) is 0. The fourth-order valence-electron chi connectivity index (χ4n) is 0.945. The third-order valence-corrected chi connectivity index (χ3v) is 2.25. The van der Waals surface area contributed by atoms with Crippen molar-refractivity contribution in [3.05, 3.63) is 29.8 Å². The van der Waals surface area contributed by atoms with Crippen LogP contribution in [0, 0.1) is 0 Å². The molecule has 74 valence electrons. The number of alkyl halides is 1. The molecular formula is C9H9IN2O2. The Kier molecular flexibility index (Phi) is 3.87. The molecule has 0 aliphatic heterocycles. The zero-order valence-corrected chi connectivity index (χ0v) is 9.45. The van der Waals surface area contributed by atoms with Gasteiger partial charge in [-0.3, -0.25) is 9.59 Å². The molecule has 0 aromatic heterocycles. The normalized spacial score (nSPS) is 9.50. The van der Waals surface area contributed by atoms with Crippen LogP contribution < -0.4 is 11.1 Å². The van der Waals surface area contributed by atoms with Gasteiger partial charge in [0.15, 0.2) is 0 Å². The number of primary amides is 1. The second-order valence-electron chi connectivity index (χ2n) is 2.63. The third kappa shape index (κ3) is 2.99. The van der Waals surface area contributed by atoms with Gasteiger partial charge in [-0.2, -0.15) is 0 Å². The Balaban J connectivity index is 2.83. The molecule has 3 N–H and O–H groups in total. The van der Waals surface area contributed by atoms with Gasteiger partial charge >= 0.3 is 0 Å². The van der Waals surface area contributed by atoms with E-state index in [0.717, 1.165) is 0 Å². The number of carbonyl (C=O) groups is 2. The van der Waals surface area contributed by atoms with Crippen molar-refractivity contribution in [2.75, 3.05) is 9.74 Å². The van der Waals surface area contributed by atoms with Crippen LogP contribution in [0.1, 0.15) is 10.4 Å². The predicted octanol–water partition coefficient (Wildman–Crippen LogP) is 1.16. The van der Waals surface area contributed by atoms with E-state index in [0.29, 0.717) is 15.7 Å². The molecule has 0 saturated heterocycles. The highest BCUT2D eigenvalue weighted by Crippen LogP contribution is 2.10. The van der Waals surface area contributed by atoms with Crippen molar-refractivity contribution in [2.24, 2.45) is 5.73 Å². The molecule has 0 spiro atoms. The minimum absolute atomic E-state index is 0.104. The van der Waals surface area contributed by atoms with Crippen molar-refractivity contribution < 1.29 is 9.59 Å². The first-order chi connectivity index (χ1) is 6.63. The van der Waals surface area contributed by atoms with Gasteiger partial charge < -0.3 is 11.1 Å². The van der Waals surface area contributed by atoms with E-state index in [4.69, 9.17) is 5.73 Å². The van der Waals surface area contributed by atoms with E-state index in [9.17, 15) is 9.59 Å². The molecule has 5 heteroatoms. The maximum absolute atomic E-state index is 11.0. The lowest BCUT2D eigenvalue weighted by Gasteiger charge is -2.03. The highest BCUT2D eigenvalue weighted by atomic mass is 127. The van der Waals surface area contributed by atoms with Gasteiger partial charge in [0.25, 0.3) is 0 Å². The van der Waals surface area contributed by atoms with Crippen LogP contribution in [-0.2, 0) is 4.79 Å². The Hall–Kier alpha value is -1.11. The van der Waals surface area contributed by atoms with Gasteiger partial charge in [-0.25, -0.2) is 0 Å². The minimum atomic E-state index is -0.504. The van der Waals surface area contributed by atoms with E-state index in [1.807, 2.05) is 22.6 Å². The summed E-state index contributed by atoms with van der Waals surface area (Å²) in [6.45, 7) is 0. The summed E-state index contributed by atoms with van der Waals surface area (Å²) in [6.07, 6.45) is 0. The zero-order chi connectivity index (χ0) is 10.6. The van der Waals surface area contributed by atoms with Crippen LogP contribution in [0.15, 0.2) is 24.3 Å².